The Balaban J connectivity index is 0.00000144. The van der Waals surface area contributed by atoms with Crippen molar-refractivity contribution in [2.75, 3.05) is 31.9 Å². The minimum atomic E-state index is 0. The number of nitrogens with one attached hydrogen (secondary N) is 1. The number of nitrogens with two attached hydrogens (primary N) is 1. The van der Waals surface area contributed by atoms with Gasteiger partial charge in [-0.3, -0.25) is 4.90 Å². The molecule has 118 valence electrons. The summed E-state index contributed by atoms with van der Waals surface area (Å²) in [6.07, 6.45) is 2.58. The van der Waals surface area contributed by atoms with Gasteiger partial charge >= 0.3 is 0 Å². The fourth-order valence-electron chi connectivity index (χ4n) is 3.73. The van der Waals surface area contributed by atoms with Gasteiger partial charge < -0.3 is 11.1 Å². The molecule has 2 fully saturated rings. The van der Waals surface area contributed by atoms with Crippen LogP contribution in [0.15, 0.2) is 24.3 Å². The summed E-state index contributed by atoms with van der Waals surface area (Å²) in [5.74, 6) is 1.43. The smallest absolute Gasteiger partial charge is 0.145 e. The van der Waals surface area contributed by atoms with Crippen molar-refractivity contribution in [3.8, 4) is 0 Å². The molecule has 4 rings (SSSR count). The van der Waals surface area contributed by atoms with Gasteiger partial charge in [0, 0.05) is 18.5 Å². The fraction of sp³-hybridized carbons (Fsp3) is 0.500. The Hall–Kier alpha value is -1.43. The van der Waals surface area contributed by atoms with Gasteiger partial charge in [0.25, 0.3) is 0 Å². The Morgan fingerprint density at radius 1 is 1.23 bits per heavy atom. The Kier molecular flexibility index (Phi) is 4.21. The number of benzene rings is 1. The number of halogens is 1. The molecule has 6 heteroatoms. The molecule has 0 saturated carbocycles. The highest BCUT2D eigenvalue weighted by Crippen LogP contribution is 2.36. The molecule has 5 nitrogen and oxygen atoms in total. The topological polar surface area (TPSA) is 67.1 Å². The summed E-state index contributed by atoms with van der Waals surface area (Å²) in [6.45, 7) is 5.40. The summed E-state index contributed by atoms with van der Waals surface area (Å²) in [5, 5.41) is 4.44. The summed E-state index contributed by atoms with van der Waals surface area (Å²) in [4.78, 5) is 11.6. The van der Waals surface area contributed by atoms with Crippen molar-refractivity contribution in [1.29, 1.82) is 0 Å². The lowest BCUT2D eigenvalue weighted by molar-refractivity contribution is 0.264. The second kappa shape index (κ2) is 5.99. The summed E-state index contributed by atoms with van der Waals surface area (Å²) >= 11 is 0. The van der Waals surface area contributed by atoms with E-state index in [1.54, 1.807) is 0 Å². The standard InChI is InChI=1S/C16H21N5.ClH/c17-15-12-3-1-2-4-13(12)19-14(20-15)9-21-8-6-16(11-21)5-7-18-10-16;/h1-4,18H,5-11H2,(H2,17,19,20);1H. The molecule has 0 radical (unpaired) electrons. The van der Waals surface area contributed by atoms with Gasteiger partial charge in [-0.25, -0.2) is 9.97 Å². The number of para-hydroxylation sites is 1. The van der Waals surface area contributed by atoms with Crippen LogP contribution in [0.4, 0.5) is 5.82 Å². The maximum atomic E-state index is 6.07. The van der Waals surface area contributed by atoms with Crippen LogP contribution in [0.25, 0.3) is 10.9 Å². The third-order valence-corrected chi connectivity index (χ3v) is 4.89. The highest BCUT2D eigenvalue weighted by molar-refractivity contribution is 5.87. The molecule has 2 aliphatic heterocycles. The average molecular weight is 320 g/mol. The molecule has 1 aromatic heterocycles. The van der Waals surface area contributed by atoms with E-state index in [4.69, 9.17) is 5.73 Å². The van der Waals surface area contributed by atoms with Crippen molar-refractivity contribution in [3.63, 3.8) is 0 Å². The van der Waals surface area contributed by atoms with E-state index in [-0.39, 0.29) is 12.4 Å². The van der Waals surface area contributed by atoms with Gasteiger partial charge in [-0.1, -0.05) is 12.1 Å². The highest BCUT2D eigenvalue weighted by atomic mass is 35.5. The highest BCUT2D eigenvalue weighted by Gasteiger charge is 2.40. The van der Waals surface area contributed by atoms with Gasteiger partial charge in [-0.05, 0) is 43.5 Å². The predicted octanol–water partition coefficient (Wildman–Crippen LogP) is 1.82. The van der Waals surface area contributed by atoms with Gasteiger partial charge in [0.05, 0.1) is 12.1 Å². The number of nitrogens with zero attached hydrogens (tertiary/aromatic N) is 3. The third-order valence-electron chi connectivity index (χ3n) is 4.89. The minimum absolute atomic E-state index is 0. The first-order valence-corrected chi connectivity index (χ1v) is 7.68. The summed E-state index contributed by atoms with van der Waals surface area (Å²) < 4.78 is 0. The Morgan fingerprint density at radius 3 is 2.91 bits per heavy atom. The normalized spacial score (nSPS) is 24.9. The number of anilines is 1. The molecule has 1 aromatic carbocycles. The maximum absolute atomic E-state index is 6.07. The van der Waals surface area contributed by atoms with Crippen LogP contribution in [0.2, 0.25) is 0 Å². The van der Waals surface area contributed by atoms with E-state index in [2.05, 4.69) is 20.2 Å². The Bertz CT molecular complexity index is 669. The van der Waals surface area contributed by atoms with Crippen LogP contribution < -0.4 is 11.1 Å². The lowest BCUT2D eigenvalue weighted by Gasteiger charge is -2.22. The van der Waals surface area contributed by atoms with Gasteiger partial charge in [0.15, 0.2) is 0 Å². The van der Waals surface area contributed by atoms with Crippen LogP contribution >= 0.6 is 12.4 Å². The minimum Gasteiger partial charge on any atom is -0.383 e. The molecule has 2 aromatic rings. The van der Waals surface area contributed by atoms with Crippen molar-refractivity contribution >= 4 is 29.1 Å². The maximum Gasteiger partial charge on any atom is 0.145 e. The first-order chi connectivity index (χ1) is 10.2. The summed E-state index contributed by atoms with van der Waals surface area (Å²) in [6, 6.07) is 7.94. The fourth-order valence-corrected chi connectivity index (χ4v) is 3.73. The second-order valence-electron chi connectivity index (χ2n) is 6.43. The van der Waals surface area contributed by atoms with E-state index in [1.165, 1.54) is 12.8 Å². The molecule has 0 aliphatic carbocycles. The van der Waals surface area contributed by atoms with Crippen molar-refractivity contribution < 1.29 is 0 Å². The summed E-state index contributed by atoms with van der Waals surface area (Å²) in [7, 11) is 0. The summed E-state index contributed by atoms with van der Waals surface area (Å²) in [5.41, 5.74) is 7.50. The van der Waals surface area contributed by atoms with Gasteiger partial charge in [-0.2, -0.15) is 0 Å². The van der Waals surface area contributed by atoms with E-state index in [9.17, 15) is 0 Å². The van der Waals surface area contributed by atoms with Gasteiger partial charge in [0.2, 0.25) is 0 Å². The monoisotopic (exact) mass is 319 g/mol. The first-order valence-electron chi connectivity index (χ1n) is 7.68. The van der Waals surface area contributed by atoms with E-state index >= 15 is 0 Å². The van der Waals surface area contributed by atoms with Crippen LogP contribution in [0.1, 0.15) is 18.7 Å². The molecular formula is C16H22ClN5. The van der Waals surface area contributed by atoms with Crippen molar-refractivity contribution in [1.82, 2.24) is 20.2 Å². The number of nitrogen functional groups attached to an aromatic ring is 1. The molecular weight excluding hydrogens is 298 g/mol. The quantitative estimate of drug-likeness (QED) is 0.884. The van der Waals surface area contributed by atoms with Crippen LogP contribution in [0.5, 0.6) is 0 Å². The van der Waals surface area contributed by atoms with E-state index < -0.39 is 0 Å². The van der Waals surface area contributed by atoms with Crippen LogP contribution in [0, 0.1) is 5.41 Å². The van der Waals surface area contributed by atoms with Crippen molar-refractivity contribution in [3.05, 3.63) is 30.1 Å². The number of rotatable bonds is 2. The Labute approximate surface area is 136 Å². The molecule has 3 N–H and O–H groups in total. The molecule has 22 heavy (non-hydrogen) atoms. The van der Waals surface area contributed by atoms with E-state index in [1.807, 2.05) is 24.3 Å². The van der Waals surface area contributed by atoms with Crippen LogP contribution in [0.3, 0.4) is 0 Å². The van der Waals surface area contributed by atoms with Gasteiger partial charge in [0.1, 0.15) is 11.6 Å². The van der Waals surface area contributed by atoms with Crippen LogP contribution in [-0.2, 0) is 6.54 Å². The molecule has 2 aliphatic rings. The van der Waals surface area contributed by atoms with Crippen molar-refractivity contribution in [2.24, 2.45) is 5.41 Å². The molecule has 1 atom stereocenters. The average Bonchev–Trinajstić information content (AvgIpc) is 3.10. The molecule has 1 spiro atoms. The lowest BCUT2D eigenvalue weighted by Crippen LogP contribution is -2.29. The first kappa shape index (κ1) is 15.5. The SMILES string of the molecule is Cl.Nc1nc(CN2CCC3(CCNC3)C2)nc2ccccc12. The molecule has 2 saturated heterocycles. The van der Waals surface area contributed by atoms with Crippen molar-refractivity contribution in [2.45, 2.75) is 19.4 Å². The number of likely N-dealkylation sites (tertiary alicyclic amines) is 1. The lowest BCUT2D eigenvalue weighted by atomic mass is 9.87. The largest absolute Gasteiger partial charge is 0.383 e. The zero-order chi connectivity index (χ0) is 14.3. The number of hydrogen-bond acceptors (Lipinski definition) is 5. The number of fused-ring (bicyclic) bond motifs is 1. The molecule has 3 heterocycles. The second-order valence-corrected chi connectivity index (χ2v) is 6.43. The third kappa shape index (κ3) is 2.76. The molecule has 0 bridgehead atoms. The van der Waals surface area contributed by atoms with Gasteiger partial charge in [-0.15, -0.1) is 12.4 Å². The number of hydrogen-bond donors (Lipinski definition) is 2. The molecule has 0 amide bonds. The Morgan fingerprint density at radius 2 is 2.09 bits per heavy atom. The zero-order valence-corrected chi connectivity index (χ0v) is 13.4. The van der Waals surface area contributed by atoms with E-state index in [0.29, 0.717) is 11.2 Å². The van der Waals surface area contributed by atoms with Crippen LogP contribution in [-0.4, -0.2) is 41.0 Å². The zero-order valence-electron chi connectivity index (χ0n) is 12.6. The van der Waals surface area contributed by atoms with E-state index in [0.717, 1.165) is 49.5 Å². The number of aromatic nitrogens is 2. The molecule has 1 unspecified atom stereocenters. The predicted molar refractivity (Wildman–Crippen MR) is 91.0 cm³/mol.